The summed E-state index contributed by atoms with van der Waals surface area (Å²) in [7, 11) is 3.35. The summed E-state index contributed by atoms with van der Waals surface area (Å²) in [6.07, 6.45) is -1.56. The Morgan fingerprint density at radius 3 is 2.53 bits per heavy atom. The van der Waals surface area contributed by atoms with E-state index in [4.69, 9.17) is 10.2 Å². The summed E-state index contributed by atoms with van der Waals surface area (Å²) in [5, 5.41) is 22.4. The average molecular weight is 219 g/mol. The van der Waals surface area contributed by atoms with E-state index in [-0.39, 0.29) is 6.54 Å². The van der Waals surface area contributed by atoms with Gasteiger partial charge in [0.15, 0.2) is 6.10 Å². The molecule has 1 atom stereocenters. The number of aliphatic hydroxyl groups excluding tert-OH is 1. The Hall–Kier alpha value is -1.34. The zero-order valence-electron chi connectivity index (χ0n) is 8.86. The molecule has 0 aromatic heterocycles. The third-order valence-electron chi connectivity index (χ3n) is 1.78. The van der Waals surface area contributed by atoms with Crippen LogP contribution in [0.15, 0.2) is 0 Å². The normalized spacial score (nSPS) is 11.9. The number of rotatable bonds is 6. The second-order valence-corrected chi connectivity index (χ2v) is 3.07. The minimum atomic E-state index is -1.56. The van der Waals surface area contributed by atoms with Crippen molar-refractivity contribution >= 4 is 12.0 Å². The lowest BCUT2D eigenvalue weighted by atomic mass is 10.3. The monoisotopic (exact) mass is 219 g/mol. The molecule has 7 nitrogen and oxygen atoms in total. The Kier molecular flexibility index (Phi) is 6.39. The summed E-state index contributed by atoms with van der Waals surface area (Å²) < 4.78 is 0. The van der Waals surface area contributed by atoms with Gasteiger partial charge in [-0.1, -0.05) is 0 Å². The smallest absolute Gasteiger partial charge is 0.334 e. The van der Waals surface area contributed by atoms with Crippen LogP contribution < -0.4 is 10.6 Å². The van der Waals surface area contributed by atoms with E-state index in [0.717, 1.165) is 0 Å². The molecular weight excluding hydrogens is 202 g/mol. The van der Waals surface area contributed by atoms with Gasteiger partial charge in [-0.25, -0.2) is 9.59 Å². The lowest BCUT2D eigenvalue weighted by Gasteiger charge is -2.18. The van der Waals surface area contributed by atoms with Crippen molar-refractivity contribution < 1.29 is 19.8 Å². The zero-order valence-corrected chi connectivity index (χ0v) is 8.86. The molecule has 0 rings (SSSR count). The highest BCUT2D eigenvalue weighted by Gasteiger charge is 2.15. The number of aliphatic hydroxyl groups is 1. The summed E-state index contributed by atoms with van der Waals surface area (Å²) in [6.45, 7) is 0.856. The lowest BCUT2D eigenvalue weighted by Crippen LogP contribution is -2.44. The van der Waals surface area contributed by atoms with Gasteiger partial charge in [0, 0.05) is 20.1 Å². The Balaban J connectivity index is 3.77. The van der Waals surface area contributed by atoms with Crippen molar-refractivity contribution in [2.45, 2.75) is 6.10 Å². The van der Waals surface area contributed by atoms with Gasteiger partial charge in [-0.3, -0.25) is 0 Å². The summed E-state index contributed by atoms with van der Waals surface area (Å²) in [5.74, 6) is -1.35. The molecule has 0 spiro atoms. The van der Waals surface area contributed by atoms with Gasteiger partial charge in [0.1, 0.15) is 0 Å². The number of carbonyl (C=O) groups excluding carboxylic acids is 1. The second-order valence-electron chi connectivity index (χ2n) is 3.07. The number of nitrogens with zero attached hydrogens (tertiary/aromatic N) is 1. The van der Waals surface area contributed by atoms with Crippen LogP contribution in [-0.4, -0.2) is 66.9 Å². The number of amides is 2. The van der Waals surface area contributed by atoms with E-state index >= 15 is 0 Å². The molecule has 88 valence electrons. The van der Waals surface area contributed by atoms with Crippen molar-refractivity contribution in [2.24, 2.45) is 0 Å². The van der Waals surface area contributed by atoms with Gasteiger partial charge in [-0.05, 0) is 7.05 Å². The van der Waals surface area contributed by atoms with Gasteiger partial charge in [0.2, 0.25) is 0 Å². The summed E-state index contributed by atoms with van der Waals surface area (Å²) in [6, 6.07) is -0.412. The number of carboxylic acid groups (broad SMARTS) is 1. The standard InChI is InChI=1S/C8H17N3O4/c1-9-3-4-11(2)8(15)10-5-6(12)7(13)14/h6,9,12H,3-5H2,1-2H3,(H,10,15)(H,13,14). The van der Waals surface area contributed by atoms with Crippen molar-refractivity contribution in [3.05, 3.63) is 0 Å². The first kappa shape index (κ1) is 13.7. The van der Waals surface area contributed by atoms with E-state index in [1.54, 1.807) is 14.1 Å². The summed E-state index contributed by atoms with van der Waals surface area (Å²) in [4.78, 5) is 22.9. The summed E-state index contributed by atoms with van der Waals surface area (Å²) in [5.41, 5.74) is 0. The zero-order chi connectivity index (χ0) is 11.8. The highest BCUT2D eigenvalue weighted by atomic mass is 16.4. The average Bonchev–Trinajstić information content (AvgIpc) is 2.21. The maximum Gasteiger partial charge on any atom is 0.334 e. The van der Waals surface area contributed by atoms with Gasteiger partial charge < -0.3 is 25.7 Å². The van der Waals surface area contributed by atoms with E-state index in [9.17, 15) is 9.59 Å². The fourth-order valence-corrected chi connectivity index (χ4v) is 0.787. The van der Waals surface area contributed by atoms with Crippen molar-refractivity contribution in [2.75, 3.05) is 33.7 Å². The molecule has 0 aromatic rings. The molecule has 7 heteroatoms. The number of carbonyl (C=O) groups is 2. The van der Waals surface area contributed by atoms with Crippen LogP contribution in [0.2, 0.25) is 0 Å². The third kappa shape index (κ3) is 5.87. The first-order chi connectivity index (χ1) is 6.99. The number of aliphatic carboxylic acids is 1. The number of nitrogens with one attached hydrogen (secondary N) is 2. The van der Waals surface area contributed by atoms with E-state index < -0.39 is 18.1 Å². The molecule has 2 amide bonds. The Labute approximate surface area is 88.1 Å². The molecule has 15 heavy (non-hydrogen) atoms. The minimum absolute atomic E-state index is 0.294. The van der Waals surface area contributed by atoms with Gasteiger partial charge >= 0.3 is 12.0 Å². The number of hydrogen-bond donors (Lipinski definition) is 4. The maximum atomic E-state index is 11.3. The molecule has 0 radical (unpaired) electrons. The van der Waals surface area contributed by atoms with Crippen molar-refractivity contribution in [3.63, 3.8) is 0 Å². The highest BCUT2D eigenvalue weighted by Crippen LogP contribution is 1.85. The van der Waals surface area contributed by atoms with E-state index in [0.29, 0.717) is 13.1 Å². The van der Waals surface area contributed by atoms with Crippen molar-refractivity contribution in [1.82, 2.24) is 15.5 Å². The van der Waals surface area contributed by atoms with E-state index in [1.165, 1.54) is 4.90 Å². The van der Waals surface area contributed by atoms with E-state index in [1.807, 2.05) is 0 Å². The molecule has 0 bridgehead atoms. The molecule has 0 aliphatic carbocycles. The van der Waals surface area contributed by atoms with Gasteiger partial charge in [-0.15, -0.1) is 0 Å². The second kappa shape index (κ2) is 7.02. The molecule has 1 unspecified atom stereocenters. The molecule has 0 aliphatic rings. The minimum Gasteiger partial charge on any atom is -0.479 e. The molecule has 0 saturated heterocycles. The van der Waals surface area contributed by atoms with Crippen LogP contribution in [0.1, 0.15) is 0 Å². The Bertz CT molecular complexity index is 222. The molecule has 4 N–H and O–H groups in total. The van der Waals surface area contributed by atoms with E-state index in [2.05, 4.69) is 10.6 Å². The molecule has 0 aromatic carbocycles. The molecule has 0 saturated carbocycles. The van der Waals surface area contributed by atoms with Crippen LogP contribution in [0, 0.1) is 0 Å². The number of hydrogen-bond acceptors (Lipinski definition) is 4. The SMILES string of the molecule is CNCCN(C)C(=O)NCC(O)C(=O)O. The maximum absolute atomic E-state index is 11.3. The number of urea groups is 1. The fourth-order valence-electron chi connectivity index (χ4n) is 0.787. The van der Waals surface area contributed by atoms with Crippen LogP contribution in [0.25, 0.3) is 0 Å². The molecule has 0 heterocycles. The van der Waals surface area contributed by atoms with Gasteiger partial charge in [0.25, 0.3) is 0 Å². The Morgan fingerprint density at radius 2 is 2.07 bits per heavy atom. The van der Waals surface area contributed by atoms with Crippen LogP contribution >= 0.6 is 0 Å². The van der Waals surface area contributed by atoms with Gasteiger partial charge in [-0.2, -0.15) is 0 Å². The van der Waals surface area contributed by atoms with Crippen LogP contribution in [0.3, 0.4) is 0 Å². The summed E-state index contributed by atoms with van der Waals surface area (Å²) >= 11 is 0. The van der Waals surface area contributed by atoms with Crippen LogP contribution in [0.5, 0.6) is 0 Å². The molecule has 0 aliphatic heterocycles. The molecule has 0 fully saturated rings. The lowest BCUT2D eigenvalue weighted by molar-refractivity contribution is -0.146. The van der Waals surface area contributed by atoms with Crippen molar-refractivity contribution in [3.8, 4) is 0 Å². The number of likely N-dealkylation sites (N-methyl/N-ethyl adjacent to an activating group) is 2. The molecular formula is C8H17N3O4. The number of carboxylic acids is 1. The first-order valence-corrected chi connectivity index (χ1v) is 4.53. The Morgan fingerprint density at radius 1 is 1.47 bits per heavy atom. The fraction of sp³-hybridized carbons (Fsp3) is 0.750. The quantitative estimate of drug-likeness (QED) is 0.426. The predicted molar refractivity (Wildman–Crippen MR) is 53.6 cm³/mol. The van der Waals surface area contributed by atoms with Crippen molar-refractivity contribution in [1.29, 1.82) is 0 Å². The van der Waals surface area contributed by atoms with Gasteiger partial charge in [0.05, 0.1) is 6.54 Å². The van der Waals surface area contributed by atoms with Crippen LogP contribution in [-0.2, 0) is 4.79 Å². The topological polar surface area (TPSA) is 102 Å². The first-order valence-electron chi connectivity index (χ1n) is 4.53. The predicted octanol–water partition coefficient (Wildman–Crippen LogP) is -1.71. The largest absolute Gasteiger partial charge is 0.479 e. The third-order valence-corrected chi connectivity index (χ3v) is 1.78. The highest BCUT2D eigenvalue weighted by molar-refractivity contribution is 5.76. The van der Waals surface area contributed by atoms with Crippen LogP contribution in [0.4, 0.5) is 4.79 Å².